The molecule has 3 aromatic heterocycles. The molecule has 1 saturated heterocycles. The summed E-state index contributed by atoms with van der Waals surface area (Å²) in [5.74, 6) is -1.53. The number of ether oxygens (including phenoxy) is 3. The topological polar surface area (TPSA) is 132 Å². The van der Waals surface area contributed by atoms with Gasteiger partial charge in [0.15, 0.2) is 11.6 Å². The molecule has 42 heavy (non-hydrogen) atoms. The van der Waals surface area contributed by atoms with Gasteiger partial charge in [-0.3, -0.25) is 9.78 Å². The van der Waals surface area contributed by atoms with Crippen LogP contribution in [0.25, 0.3) is 20.7 Å². The monoisotopic (exact) mass is 599 g/mol. The molecule has 3 amide bonds. The number of rotatable bonds is 4. The Labute approximate surface area is 246 Å². The fourth-order valence-corrected chi connectivity index (χ4v) is 5.81. The lowest BCUT2D eigenvalue weighted by Crippen LogP contribution is -2.53. The second kappa shape index (κ2) is 11.1. The van der Waals surface area contributed by atoms with Gasteiger partial charge in [-0.15, -0.1) is 11.3 Å². The minimum Gasteiger partial charge on any atom is -0.444 e. The average molecular weight is 600 g/mol. The predicted octanol–water partition coefficient (Wildman–Crippen LogP) is 5.48. The van der Waals surface area contributed by atoms with Gasteiger partial charge in [-0.1, -0.05) is 0 Å². The van der Waals surface area contributed by atoms with Gasteiger partial charge in [0.05, 0.1) is 46.1 Å². The first-order valence-electron chi connectivity index (χ1n) is 13.6. The first-order valence-corrected chi connectivity index (χ1v) is 14.5. The van der Waals surface area contributed by atoms with Gasteiger partial charge >= 0.3 is 12.2 Å². The molecular formula is C29H34FN5O6S. The number of nitrogens with zero attached hydrogens (tertiary/aromatic N) is 3. The van der Waals surface area contributed by atoms with Crippen molar-refractivity contribution < 1.29 is 33.0 Å². The molecule has 2 N–H and O–H groups in total. The molecule has 5 rings (SSSR count). The lowest BCUT2D eigenvalue weighted by molar-refractivity contribution is 0.0246. The highest BCUT2D eigenvalue weighted by molar-refractivity contribution is 7.22. The Balaban J connectivity index is 1.53. The highest BCUT2D eigenvalue weighted by Gasteiger charge is 2.41. The number of anilines is 1. The number of pyridine rings is 2. The van der Waals surface area contributed by atoms with Gasteiger partial charge in [0.2, 0.25) is 0 Å². The van der Waals surface area contributed by atoms with Gasteiger partial charge in [-0.05, 0) is 65.5 Å². The minimum atomic E-state index is -0.866. The lowest BCUT2D eigenvalue weighted by Gasteiger charge is -2.33. The molecule has 2 atom stereocenters. The number of hydrogen-bond acceptors (Lipinski definition) is 10. The highest BCUT2D eigenvalue weighted by atomic mass is 32.1. The Morgan fingerprint density at radius 3 is 2.57 bits per heavy atom. The summed E-state index contributed by atoms with van der Waals surface area (Å²) >= 11 is 1.36. The quantitative estimate of drug-likeness (QED) is 0.400. The fourth-order valence-electron chi connectivity index (χ4n) is 4.78. The van der Waals surface area contributed by atoms with Crippen LogP contribution in [0.5, 0.6) is 0 Å². The van der Waals surface area contributed by atoms with E-state index in [4.69, 9.17) is 14.2 Å². The number of imide groups is 1. The second-order valence-electron chi connectivity index (χ2n) is 12.2. The highest BCUT2D eigenvalue weighted by Crippen LogP contribution is 2.40. The molecule has 3 aromatic rings. The van der Waals surface area contributed by atoms with Crippen molar-refractivity contribution in [2.24, 2.45) is 0 Å². The largest absolute Gasteiger partial charge is 0.444 e. The van der Waals surface area contributed by atoms with Gasteiger partial charge < -0.3 is 24.8 Å². The fraction of sp³-hybridized carbons (Fsp3) is 0.483. The number of carbonyl (C=O) groups is 3. The van der Waals surface area contributed by atoms with Gasteiger partial charge in [0.1, 0.15) is 11.2 Å². The maximum Gasteiger partial charge on any atom is 0.417 e. The summed E-state index contributed by atoms with van der Waals surface area (Å²) in [5, 5.41) is 6.84. The summed E-state index contributed by atoms with van der Waals surface area (Å²) in [5.41, 5.74) is -1.25. The van der Waals surface area contributed by atoms with Gasteiger partial charge in [0, 0.05) is 24.6 Å². The molecule has 0 bridgehead atoms. The van der Waals surface area contributed by atoms with Crippen molar-refractivity contribution in [3.63, 3.8) is 0 Å². The van der Waals surface area contributed by atoms with Crippen LogP contribution in [0.3, 0.4) is 0 Å². The third-order valence-electron chi connectivity index (χ3n) is 6.56. The van der Waals surface area contributed by atoms with Crippen LogP contribution in [0.15, 0.2) is 24.5 Å². The maximum atomic E-state index is 16.2. The van der Waals surface area contributed by atoms with Crippen molar-refractivity contribution in [1.29, 1.82) is 0 Å². The van der Waals surface area contributed by atoms with Crippen LogP contribution in [-0.4, -0.2) is 69.5 Å². The van der Waals surface area contributed by atoms with Crippen molar-refractivity contribution in [1.82, 2.24) is 20.2 Å². The Hall–Kier alpha value is -3.84. The van der Waals surface area contributed by atoms with E-state index in [1.165, 1.54) is 11.3 Å². The molecule has 0 spiro atoms. The van der Waals surface area contributed by atoms with Gasteiger partial charge in [0.25, 0.3) is 5.91 Å². The van der Waals surface area contributed by atoms with E-state index in [0.29, 0.717) is 17.9 Å². The third-order valence-corrected chi connectivity index (χ3v) is 7.65. The number of alkyl carbamates (subject to hydrolysis) is 1. The van der Waals surface area contributed by atoms with E-state index in [-0.39, 0.29) is 35.8 Å². The van der Waals surface area contributed by atoms with Crippen LogP contribution in [0.4, 0.5) is 19.8 Å². The number of thiophene rings is 1. The molecule has 0 aliphatic carbocycles. The predicted molar refractivity (Wildman–Crippen MR) is 155 cm³/mol. The summed E-state index contributed by atoms with van der Waals surface area (Å²) in [7, 11) is 0. The van der Waals surface area contributed by atoms with E-state index >= 15 is 4.39 Å². The van der Waals surface area contributed by atoms with Crippen molar-refractivity contribution >= 4 is 45.3 Å². The Kier molecular flexibility index (Phi) is 7.84. The van der Waals surface area contributed by atoms with E-state index in [2.05, 4.69) is 20.6 Å². The molecule has 0 saturated carbocycles. The van der Waals surface area contributed by atoms with Crippen LogP contribution in [-0.2, 0) is 20.8 Å². The van der Waals surface area contributed by atoms with Crippen LogP contribution >= 0.6 is 11.3 Å². The smallest absolute Gasteiger partial charge is 0.417 e. The molecule has 1 fully saturated rings. The van der Waals surface area contributed by atoms with E-state index in [0.717, 1.165) is 15.0 Å². The average Bonchev–Trinajstić information content (AvgIpc) is 3.46. The zero-order valence-corrected chi connectivity index (χ0v) is 25.2. The lowest BCUT2D eigenvalue weighted by atomic mass is 10.0. The Morgan fingerprint density at radius 2 is 1.88 bits per heavy atom. The van der Waals surface area contributed by atoms with E-state index < -0.39 is 47.2 Å². The number of fused-ring (bicyclic) bond motifs is 2. The summed E-state index contributed by atoms with van der Waals surface area (Å²) < 4.78 is 33.4. The van der Waals surface area contributed by atoms with E-state index in [1.807, 2.05) is 12.1 Å². The second-order valence-corrected chi connectivity index (χ2v) is 13.3. The summed E-state index contributed by atoms with van der Waals surface area (Å²) in [6.45, 7) is 10.6. The molecule has 0 aromatic carbocycles. The van der Waals surface area contributed by atoms with Crippen LogP contribution < -0.4 is 10.6 Å². The SMILES string of the molecule is CC(C)(C)OC(=O)N[C@H]1COCC[C@H]1Nc1nc(-c2cc3ccncc3s2)c2c(c1F)CN(C(=O)OC(C)(C)C)C2=O. The molecule has 13 heteroatoms. The molecule has 0 unspecified atom stereocenters. The van der Waals surface area contributed by atoms with Crippen molar-refractivity contribution in [2.45, 2.75) is 77.8 Å². The number of hydrogen-bond donors (Lipinski definition) is 2. The number of nitrogens with one attached hydrogen (secondary N) is 2. The molecule has 2 aliphatic heterocycles. The summed E-state index contributed by atoms with van der Waals surface area (Å²) in [6, 6.07) is 2.70. The van der Waals surface area contributed by atoms with Crippen LogP contribution in [0.2, 0.25) is 0 Å². The molecule has 224 valence electrons. The number of aromatic nitrogens is 2. The van der Waals surface area contributed by atoms with Gasteiger partial charge in [-0.25, -0.2) is 23.9 Å². The van der Waals surface area contributed by atoms with Crippen LogP contribution in [0, 0.1) is 5.82 Å². The van der Waals surface area contributed by atoms with E-state index in [1.54, 1.807) is 53.9 Å². The Morgan fingerprint density at radius 1 is 1.14 bits per heavy atom. The number of carbonyl (C=O) groups excluding carboxylic acids is 3. The van der Waals surface area contributed by atoms with Crippen molar-refractivity contribution in [3.8, 4) is 10.6 Å². The molecule has 0 radical (unpaired) electrons. The first kappa shape index (κ1) is 29.6. The minimum absolute atomic E-state index is 0.0128. The van der Waals surface area contributed by atoms with Crippen molar-refractivity contribution in [2.75, 3.05) is 18.5 Å². The molecular weight excluding hydrogens is 565 g/mol. The van der Waals surface area contributed by atoms with Crippen LogP contribution in [0.1, 0.15) is 63.9 Å². The molecule has 11 nitrogen and oxygen atoms in total. The standard InChI is InChI=1S/C29H34FN5O6S/c1-28(2,3)40-26(37)33-18-14-39-10-8-17(18)32-24-22(30)16-13-35(27(38)41-29(4,5)6)25(36)21(16)23(34-24)19-11-15-7-9-31-12-20(15)42-19/h7,9,11-12,17-18H,8,10,13-14H2,1-6H3,(H,32,34)(H,33,37)/t17-,18+/m1/s1. The Bertz CT molecular complexity index is 1510. The molecule has 2 aliphatic rings. The summed E-state index contributed by atoms with van der Waals surface area (Å²) in [6.07, 6.45) is 2.33. The normalized spacial score (nSPS) is 19.0. The zero-order valence-electron chi connectivity index (χ0n) is 24.4. The number of halogens is 1. The summed E-state index contributed by atoms with van der Waals surface area (Å²) in [4.78, 5) is 49.3. The zero-order chi connectivity index (χ0) is 30.4. The van der Waals surface area contributed by atoms with E-state index in [9.17, 15) is 14.4 Å². The third kappa shape index (κ3) is 6.31. The van der Waals surface area contributed by atoms with Crippen molar-refractivity contribution in [3.05, 3.63) is 41.5 Å². The maximum absolute atomic E-state index is 16.2. The molecule has 5 heterocycles. The number of amides is 3. The first-order chi connectivity index (χ1) is 19.7. The van der Waals surface area contributed by atoms with Gasteiger partial charge in [-0.2, -0.15) is 0 Å².